The maximum atomic E-state index is 14.0. The summed E-state index contributed by atoms with van der Waals surface area (Å²) >= 11 is 7.40. The first-order valence-electron chi connectivity index (χ1n) is 12.3. The van der Waals surface area contributed by atoms with Crippen molar-refractivity contribution < 1.29 is 14.3 Å². The lowest BCUT2D eigenvalue weighted by Crippen LogP contribution is -2.39. The van der Waals surface area contributed by atoms with E-state index in [4.69, 9.17) is 21.1 Å². The van der Waals surface area contributed by atoms with Gasteiger partial charge in [-0.3, -0.25) is 14.2 Å². The number of carbonyl (C=O) groups is 1. The highest BCUT2D eigenvalue weighted by atomic mass is 35.5. The van der Waals surface area contributed by atoms with Crippen LogP contribution in [0, 0.1) is 13.8 Å². The topological polar surface area (TPSA) is 74.8 Å². The molecule has 5 rings (SSSR count). The van der Waals surface area contributed by atoms with E-state index in [2.05, 4.69) is 15.6 Å². The van der Waals surface area contributed by atoms with Crippen LogP contribution in [0.4, 0.5) is 0 Å². The molecule has 0 radical (unpaired) electrons. The Balaban J connectivity index is 1.71. The molecule has 3 heterocycles. The van der Waals surface area contributed by atoms with E-state index >= 15 is 0 Å². The normalized spacial score (nSPS) is 15.3. The number of aryl methyl sites for hydroxylation is 1. The smallest absolute Gasteiger partial charge is 0.271 e. The predicted octanol–water partition coefficient (Wildman–Crippen LogP) is 4.90. The van der Waals surface area contributed by atoms with E-state index < -0.39 is 6.04 Å². The van der Waals surface area contributed by atoms with Crippen LogP contribution in [-0.2, 0) is 4.79 Å². The Morgan fingerprint density at radius 3 is 2.41 bits per heavy atom. The van der Waals surface area contributed by atoms with Gasteiger partial charge in [0.15, 0.2) is 10.6 Å². The first kappa shape index (κ1) is 26.7. The molecule has 1 atom stereocenters. The van der Waals surface area contributed by atoms with Crippen LogP contribution >= 0.6 is 22.9 Å². The molecular formula is C30H28ClN3O4S. The van der Waals surface area contributed by atoms with Crippen LogP contribution in [0.25, 0.3) is 11.8 Å². The molecule has 0 saturated carbocycles. The van der Waals surface area contributed by atoms with E-state index in [0.29, 0.717) is 42.7 Å². The number of ether oxygens (including phenoxy) is 2. The van der Waals surface area contributed by atoms with Gasteiger partial charge in [0.05, 0.1) is 24.8 Å². The van der Waals surface area contributed by atoms with Crippen LogP contribution in [0.3, 0.4) is 0 Å². The van der Waals surface area contributed by atoms with Gasteiger partial charge in [0.2, 0.25) is 0 Å². The Bertz CT molecular complexity index is 1830. The van der Waals surface area contributed by atoms with Gasteiger partial charge in [0.25, 0.3) is 5.56 Å². The summed E-state index contributed by atoms with van der Waals surface area (Å²) in [4.78, 5) is 32.0. The van der Waals surface area contributed by atoms with Crippen LogP contribution in [-0.4, -0.2) is 29.1 Å². The Morgan fingerprint density at radius 1 is 1.05 bits per heavy atom. The highest BCUT2D eigenvalue weighted by Crippen LogP contribution is 2.37. The molecule has 1 aliphatic rings. The highest BCUT2D eigenvalue weighted by molar-refractivity contribution is 7.07. The number of Topliss-reactive ketones (excluding diaryl/α,β-unsaturated/α-hetero) is 1. The van der Waals surface area contributed by atoms with Gasteiger partial charge in [-0.1, -0.05) is 22.9 Å². The molecular weight excluding hydrogens is 534 g/mol. The van der Waals surface area contributed by atoms with E-state index in [1.165, 1.54) is 18.3 Å². The van der Waals surface area contributed by atoms with Crippen LogP contribution in [0.1, 0.15) is 42.4 Å². The Hall–Kier alpha value is -3.88. The van der Waals surface area contributed by atoms with E-state index in [1.807, 2.05) is 50.3 Å². The summed E-state index contributed by atoms with van der Waals surface area (Å²) in [6, 6.07) is 14.4. The van der Waals surface area contributed by atoms with Crippen molar-refractivity contribution in [2.45, 2.75) is 33.7 Å². The predicted molar refractivity (Wildman–Crippen MR) is 154 cm³/mol. The summed E-state index contributed by atoms with van der Waals surface area (Å²) in [5.74, 6) is 0.984. The number of hydrogen-bond acceptors (Lipinski definition) is 6. The van der Waals surface area contributed by atoms with Crippen molar-refractivity contribution in [3.63, 3.8) is 0 Å². The standard InChI is InChI=1S/C30H28ClN3O4S/c1-16-13-20(18(3)33(16)22-9-7-21(31)8-10-22)14-26-29(36)34-28(24-12-11-23(37-5)15-25(24)38-6)27(19(4)35)17(2)32-30(34)39-26/h7-15,28H,1-6H3/t28-/m0/s1. The molecule has 0 unspecified atom stereocenters. The molecule has 0 saturated heterocycles. The molecule has 7 nitrogen and oxygen atoms in total. The number of benzene rings is 2. The second-order valence-corrected chi connectivity index (χ2v) is 10.8. The van der Waals surface area contributed by atoms with Gasteiger partial charge in [-0.2, -0.15) is 0 Å². The molecule has 2 aromatic carbocycles. The van der Waals surface area contributed by atoms with Gasteiger partial charge in [0.1, 0.15) is 11.5 Å². The fourth-order valence-electron chi connectivity index (χ4n) is 5.17. The Kier molecular flexibility index (Phi) is 7.09. The average Bonchev–Trinajstić information content (AvgIpc) is 3.37. The van der Waals surface area contributed by atoms with Crippen molar-refractivity contribution in [2.24, 2.45) is 4.99 Å². The first-order valence-corrected chi connectivity index (χ1v) is 13.5. The molecule has 1 aliphatic heterocycles. The van der Waals surface area contributed by atoms with Crippen LogP contribution in [0.15, 0.2) is 69.6 Å². The third-order valence-corrected chi connectivity index (χ3v) is 8.21. The number of halogens is 1. The number of carbonyl (C=O) groups excluding carboxylic acids is 1. The van der Waals surface area contributed by atoms with Crippen molar-refractivity contribution in [1.29, 1.82) is 0 Å². The van der Waals surface area contributed by atoms with Crippen molar-refractivity contribution in [3.8, 4) is 17.2 Å². The number of hydrogen-bond donors (Lipinski definition) is 0. The zero-order valence-electron chi connectivity index (χ0n) is 22.5. The van der Waals surface area contributed by atoms with E-state index in [1.54, 1.807) is 37.8 Å². The minimum absolute atomic E-state index is 0.153. The summed E-state index contributed by atoms with van der Waals surface area (Å²) < 4.78 is 15.3. The number of thiazole rings is 1. The minimum Gasteiger partial charge on any atom is -0.497 e. The lowest BCUT2D eigenvalue weighted by molar-refractivity contribution is -0.114. The fraction of sp³-hybridized carbons (Fsp3) is 0.233. The van der Waals surface area contributed by atoms with Gasteiger partial charge < -0.3 is 14.0 Å². The van der Waals surface area contributed by atoms with Gasteiger partial charge in [-0.25, -0.2) is 4.99 Å². The van der Waals surface area contributed by atoms with Gasteiger partial charge in [0, 0.05) is 45.0 Å². The van der Waals surface area contributed by atoms with E-state index in [0.717, 1.165) is 22.6 Å². The number of rotatable bonds is 6. The van der Waals surface area contributed by atoms with Gasteiger partial charge in [-0.05, 0) is 81.8 Å². The number of allylic oxidation sites excluding steroid dienone is 2. The summed E-state index contributed by atoms with van der Waals surface area (Å²) in [6.07, 6.45) is 1.90. The number of aromatic nitrogens is 2. The summed E-state index contributed by atoms with van der Waals surface area (Å²) in [6.45, 7) is 7.35. The zero-order valence-corrected chi connectivity index (χ0v) is 24.1. The highest BCUT2D eigenvalue weighted by Gasteiger charge is 2.32. The molecule has 0 spiro atoms. The molecule has 0 aliphatic carbocycles. The molecule has 9 heteroatoms. The van der Waals surface area contributed by atoms with E-state index in [-0.39, 0.29) is 11.3 Å². The Labute approximate surface area is 234 Å². The van der Waals surface area contributed by atoms with Crippen LogP contribution in [0.2, 0.25) is 5.02 Å². The van der Waals surface area contributed by atoms with Gasteiger partial charge in [-0.15, -0.1) is 0 Å². The molecule has 0 fully saturated rings. The zero-order chi connectivity index (χ0) is 28.0. The second-order valence-electron chi connectivity index (χ2n) is 9.38. The maximum Gasteiger partial charge on any atom is 0.271 e. The lowest BCUT2D eigenvalue weighted by Gasteiger charge is -2.26. The molecule has 200 valence electrons. The molecule has 2 aromatic heterocycles. The summed E-state index contributed by atoms with van der Waals surface area (Å²) in [7, 11) is 3.13. The molecule has 0 bridgehead atoms. The largest absolute Gasteiger partial charge is 0.497 e. The third kappa shape index (κ3) is 4.64. The van der Waals surface area contributed by atoms with Crippen molar-refractivity contribution in [1.82, 2.24) is 9.13 Å². The molecule has 4 aromatic rings. The lowest BCUT2D eigenvalue weighted by atomic mass is 9.92. The quantitative estimate of drug-likeness (QED) is 0.335. The molecule has 0 amide bonds. The number of methoxy groups -OCH3 is 2. The third-order valence-electron chi connectivity index (χ3n) is 6.98. The van der Waals surface area contributed by atoms with Crippen molar-refractivity contribution in [2.75, 3.05) is 14.2 Å². The second kappa shape index (κ2) is 10.4. The number of fused-ring (bicyclic) bond motifs is 1. The SMILES string of the molecule is COc1ccc([C@H]2C(C(C)=O)=C(C)N=c3sc(=Cc4cc(C)n(-c5ccc(Cl)cc5)c4C)c(=O)n32)c(OC)c1. The van der Waals surface area contributed by atoms with Crippen LogP contribution < -0.4 is 24.4 Å². The van der Waals surface area contributed by atoms with Crippen molar-refractivity contribution in [3.05, 3.63) is 107 Å². The maximum absolute atomic E-state index is 14.0. The van der Waals surface area contributed by atoms with Crippen molar-refractivity contribution >= 4 is 34.8 Å². The first-order chi connectivity index (χ1) is 18.6. The fourth-order valence-corrected chi connectivity index (χ4v) is 6.34. The monoisotopic (exact) mass is 561 g/mol. The molecule has 0 N–H and O–H groups in total. The Morgan fingerprint density at radius 2 is 1.77 bits per heavy atom. The average molecular weight is 562 g/mol. The van der Waals surface area contributed by atoms with Crippen LogP contribution in [0.5, 0.6) is 11.5 Å². The number of ketones is 1. The summed E-state index contributed by atoms with van der Waals surface area (Å²) in [5.41, 5.74) is 5.45. The number of nitrogens with zero attached hydrogens (tertiary/aromatic N) is 3. The minimum atomic E-state index is -0.678. The van der Waals surface area contributed by atoms with E-state index in [9.17, 15) is 9.59 Å². The van der Waals surface area contributed by atoms with Gasteiger partial charge >= 0.3 is 0 Å². The summed E-state index contributed by atoms with van der Waals surface area (Å²) in [5, 5.41) is 0.672. The molecule has 39 heavy (non-hydrogen) atoms.